The van der Waals surface area contributed by atoms with E-state index in [2.05, 4.69) is 20.9 Å². The van der Waals surface area contributed by atoms with E-state index >= 15 is 0 Å². The number of carbonyl (C=O) groups excluding carboxylic acids is 2. The SMILES string of the molecule is CCNC(=O)c1ccc(-n2nnc(C(=O)NC3CC3)c2COc2ccc(F)cc2F)cc1. The molecule has 1 aliphatic carbocycles. The van der Waals surface area contributed by atoms with Crippen LogP contribution in [-0.4, -0.2) is 39.4 Å². The minimum Gasteiger partial charge on any atom is -0.484 e. The minimum absolute atomic E-state index is 0.0484. The molecule has 1 saturated carbocycles. The number of ether oxygens (including phenoxy) is 1. The molecular formula is C22H21F2N5O3. The zero-order valence-electron chi connectivity index (χ0n) is 17.3. The summed E-state index contributed by atoms with van der Waals surface area (Å²) >= 11 is 0. The van der Waals surface area contributed by atoms with Gasteiger partial charge in [0.05, 0.1) is 5.69 Å². The zero-order chi connectivity index (χ0) is 22.7. The largest absolute Gasteiger partial charge is 0.484 e. The average Bonchev–Trinajstić information content (AvgIpc) is 3.49. The molecule has 4 rings (SSSR count). The summed E-state index contributed by atoms with van der Waals surface area (Å²) in [7, 11) is 0. The summed E-state index contributed by atoms with van der Waals surface area (Å²) in [6, 6.07) is 9.62. The summed E-state index contributed by atoms with van der Waals surface area (Å²) in [6.07, 6.45) is 1.79. The molecule has 32 heavy (non-hydrogen) atoms. The number of nitrogens with one attached hydrogen (secondary N) is 2. The highest BCUT2D eigenvalue weighted by molar-refractivity contribution is 5.94. The molecule has 1 aromatic heterocycles. The van der Waals surface area contributed by atoms with Crippen molar-refractivity contribution in [1.29, 1.82) is 0 Å². The van der Waals surface area contributed by atoms with Crippen molar-refractivity contribution in [3.63, 3.8) is 0 Å². The molecule has 1 fully saturated rings. The Morgan fingerprint density at radius 3 is 2.53 bits per heavy atom. The third kappa shape index (κ3) is 4.74. The average molecular weight is 441 g/mol. The standard InChI is InChI=1S/C22H21F2N5O3/c1-2-25-21(30)13-3-8-16(9-4-13)29-18(12-32-19-10-5-14(23)11-17(19)24)20(27-28-29)22(31)26-15-6-7-15/h3-5,8-11,15H,2,6-7,12H2,1H3,(H,25,30)(H,26,31). The van der Waals surface area contributed by atoms with Crippen molar-refractivity contribution in [3.8, 4) is 11.4 Å². The van der Waals surface area contributed by atoms with Crippen LogP contribution in [0.3, 0.4) is 0 Å². The number of halogens is 2. The second-order valence-electron chi connectivity index (χ2n) is 7.31. The van der Waals surface area contributed by atoms with E-state index in [9.17, 15) is 18.4 Å². The van der Waals surface area contributed by atoms with Crippen molar-refractivity contribution in [1.82, 2.24) is 25.6 Å². The van der Waals surface area contributed by atoms with Gasteiger partial charge in [-0.15, -0.1) is 5.10 Å². The number of rotatable bonds is 8. The number of amides is 2. The highest BCUT2D eigenvalue weighted by atomic mass is 19.1. The third-order valence-corrected chi connectivity index (χ3v) is 4.86. The molecule has 3 aromatic rings. The molecule has 2 aromatic carbocycles. The predicted octanol–water partition coefficient (Wildman–Crippen LogP) is 2.77. The second kappa shape index (κ2) is 9.13. The van der Waals surface area contributed by atoms with Crippen molar-refractivity contribution in [2.75, 3.05) is 6.54 Å². The third-order valence-electron chi connectivity index (χ3n) is 4.86. The van der Waals surface area contributed by atoms with E-state index < -0.39 is 17.5 Å². The number of nitrogens with zero attached hydrogens (tertiary/aromatic N) is 3. The first-order valence-electron chi connectivity index (χ1n) is 10.2. The molecule has 1 aliphatic rings. The number of aromatic nitrogens is 3. The molecule has 10 heteroatoms. The number of benzene rings is 2. The Kier molecular flexibility index (Phi) is 6.11. The van der Waals surface area contributed by atoms with Gasteiger partial charge in [-0.1, -0.05) is 5.21 Å². The summed E-state index contributed by atoms with van der Waals surface area (Å²) in [5.41, 5.74) is 1.34. The first-order valence-corrected chi connectivity index (χ1v) is 10.2. The smallest absolute Gasteiger partial charge is 0.274 e. The van der Waals surface area contributed by atoms with Crippen LogP contribution in [0.25, 0.3) is 5.69 Å². The molecule has 2 amide bonds. The van der Waals surface area contributed by atoms with Crippen molar-refractivity contribution < 1.29 is 23.1 Å². The summed E-state index contributed by atoms with van der Waals surface area (Å²) in [5.74, 6) is -2.37. The Balaban J connectivity index is 1.63. The summed E-state index contributed by atoms with van der Waals surface area (Å²) in [4.78, 5) is 24.6. The lowest BCUT2D eigenvalue weighted by Crippen LogP contribution is -2.27. The molecule has 0 atom stereocenters. The van der Waals surface area contributed by atoms with E-state index in [0.717, 1.165) is 18.9 Å². The normalized spacial score (nSPS) is 13.0. The molecule has 0 unspecified atom stereocenters. The highest BCUT2D eigenvalue weighted by Crippen LogP contribution is 2.23. The molecular weight excluding hydrogens is 420 g/mol. The first kappa shape index (κ1) is 21.4. The lowest BCUT2D eigenvalue weighted by atomic mass is 10.2. The molecule has 2 N–H and O–H groups in total. The number of carbonyl (C=O) groups is 2. The van der Waals surface area contributed by atoms with Gasteiger partial charge in [0.25, 0.3) is 11.8 Å². The van der Waals surface area contributed by atoms with Crippen LogP contribution in [0.2, 0.25) is 0 Å². The van der Waals surface area contributed by atoms with Gasteiger partial charge in [0.2, 0.25) is 0 Å². The fraction of sp³-hybridized carbons (Fsp3) is 0.273. The van der Waals surface area contributed by atoms with Gasteiger partial charge in [-0.2, -0.15) is 0 Å². The van der Waals surface area contributed by atoms with Crippen LogP contribution in [0.5, 0.6) is 5.75 Å². The minimum atomic E-state index is -0.862. The number of hydrogen-bond acceptors (Lipinski definition) is 5. The van der Waals surface area contributed by atoms with E-state index in [1.165, 1.54) is 10.7 Å². The first-order chi connectivity index (χ1) is 15.5. The number of hydrogen-bond donors (Lipinski definition) is 2. The topological polar surface area (TPSA) is 98.1 Å². The summed E-state index contributed by atoms with van der Waals surface area (Å²) in [5, 5.41) is 13.6. The van der Waals surface area contributed by atoms with Gasteiger partial charge in [-0.3, -0.25) is 9.59 Å². The van der Waals surface area contributed by atoms with Crippen LogP contribution in [0.15, 0.2) is 42.5 Å². The van der Waals surface area contributed by atoms with Crippen LogP contribution < -0.4 is 15.4 Å². The van der Waals surface area contributed by atoms with Gasteiger partial charge < -0.3 is 15.4 Å². The monoisotopic (exact) mass is 441 g/mol. The molecule has 0 aliphatic heterocycles. The summed E-state index contributed by atoms with van der Waals surface area (Å²) < 4.78 is 34.1. The Labute approximate surface area is 182 Å². The van der Waals surface area contributed by atoms with Crippen molar-refractivity contribution >= 4 is 11.8 Å². The van der Waals surface area contributed by atoms with Crippen LogP contribution in [-0.2, 0) is 6.61 Å². The maximum atomic E-state index is 14.0. The van der Waals surface area contributed by atoms with Crippen LogP contribution >= 0.6 is 0 Å². The van der Waals surface area contributed by atoms with Crippen LogP contribution in [0.4, 0.5) is 8.78 Å². The van der Waals surface area contributed by atoms with Gasteiger partial charge in [-0.25, -0.2) is 13.5 Å². The molecule has 0 bridgehead atoms. The van der Waals surface area contributed by atoms with Gasteiger partial charge >= 0.3 is 0 Å². The van der Waals surface area contributed by atoms with Crippen molar-refractivity contribution in [3.05, 3.63) is 71.1 Å². The van der Waals surface area contributed by atoms with Gasteiger partial charge in [-0.05, 0) is 56.2 Å². The molecule has 8 nitrogen and oxygen atoms in total. The van der Waals surface area contributed by atoms with Gasteiger partial charge in [0, 0.05) is 24.2 Å². The summed E-state index contributed by atoms with van der Waals surface area (Å²) in [6.45, 7) is 2.09. The highest BCUT2D eigenvalue weighted by Gasteiger charge is 2.28. The Morgan fingerprint density at radius 2 is 1.88 bits per heavy atom. The van der Waals surface area contributed by atoms with E-state index in [4.69, 9.17) is 4.74 Å². The predicted molar refractivity (Wildman–Crippen MR) is 111 cm³/mol. The maximum absolute atomic E-state index is 14.0. The molecule has 0 spiro atoms. The maximum Gasteiger partial charge on any atom is 0.274 e. The molecule has 0 radical (unpaired) electrons. The fourth-order valence-electron chi connectivity index (χ4n) is 3.05. The second-order valence-corrected chi connectivity index (χ2v) is 7.31. The fourth-order valence-corrected chi connectivity index (χ4v) is 3.05. The van der Waals surface area contributed by atoms with Crippen molar-refractivity contribution in [2.45, 2.75) is 32.4 Å². The quantitative estimate of drug-likeness (QED) is 0.560. The van der Waals surface area contributed by atoms with Crippen LogP contribution in [0.1, 0.15) is 46.3 Å². The Bertz CT molecular complexity index is 1140. The van der Waals surface area contributed by atoms with Gasteiger partial charge in [0.15, 0.2) is 17.3 Å². The lowest BCUT2D eigenvalue weighted by molar-refractivity contribution is 0.0939. The zero-order valence-corrected chi connectivity index (χ0v) is 17.3. The Hall–Kier alpha value is -3.82. The Morgan fingerprint density at radius 1 is 1.12 bits per heavy atom. The van der Waals surface area contributed by atoms with E-state index in [0.29, 0.717) is 23.9 Å². The lowest BCUT2D eigenvalue weighted by Gasteiger charge is -2.11. The van der Waals surface area contributed by atoms with Crippen LogP contribution in [0, 0.1) is 11.6 Å². The van der Waals surface area contributed by atoms with E-state index in [1.807, 2.05) is 6.92 Å². The molecule has 166 valence electrons. The van der Waals surface area contributed by atoms with E-state index in [1.54, 1.807) is 24.3 Å². The molecule has 1 heterocycles. The van der Waals surface area contributed by atoms with E-state index in [-0.39, 0.29) is 35.7 Å². The molecule has 0 saturated heterocycles. The van der Waals surface area contributed by atoms with Crippen molar-refractivity contribution in [2.24, 2.45) is 0 Å². The van der Waals surface area contributed by atoms with Gasteiger partial charge in [0.1, 0.15) is 18.1 Å².